The molecule has 1 aromatic rings. The lowest BCUT2D eigenvalue weighted by atomic mass is 10.0. The normalized spacial score (nSPS) is 14.7. The van der Waals surface area contributed by atoms with Gasteiger partial charge in [0.15, 0.2) is 5.78 Å². The molecular formula is C13H14FNO2. The summed E-state index contributed by atoms with van der Waals surface area (Å²) in [7, 11) is 0. The number of aryl methyl sites for hydroxylation is 1. The van der Waals surface area contributed by atoms with E-state index in [0.29, 0.717) is 24.9 Å². The Kier molecular flexibility index (Phi) is 3.22. The summed E-state index contributed by atoms with van der Waals surface area (Å²) in [5.41, 5.74) is 1.47. The fourth-order valence-corrected chi connectivity index (χ4v) is 1.97. The third-order valence-corrected chi connectivity index (χ3v) is 2.98. The number of benzene rings is 1. The van der Waals surface area contributed by atoms with Gasteiger partial charge in [-0.25, -0.2) is 4.39 Å². The highest BCUT2D eigenvalue weighted by molar-refractivity contribution is 6.01. The van der Waals surface area contributed by atoms with Gasteiger partial charge in [0, 0.05) is 12.8 Å². The highest BCUT2D eigenvalue weighted by atomic mass is 19.1. The van der Waals surface area contributed by atoms with Crippen molar-refractivity contribution in [1.29, 1.82) is 0 Å². The number of hydrogen-bond donors (Lipinski definition) is 0. The van der Waals surface area contributed by atoms with Gasteiger partial charge in [-0.3, -0.25) is 9.59 Å². The Morgan fingerprint density at radius 1 is 1.41 bits per heavy atom. The van der Waals surface area contributed by atoms with Crippen molar-refractivity contribution in [3.05, 3.63) is 29.6 Å². The Labute approximate surface area is 99.2 Å². The average molecular weight is 235 g/mol. The van der Waals surface area contributed by atoms with Crippen LogP contribution in [0.1, 0.15) is 25.3 Å². The highest BCUT2D eigenvalue weighted by Gasteiger charge is 2.25. The summed E-state index contributed by atoms with van der Waals surface area (Å²) in [4.78, 5) is 24.6. The lowest BCUT2D eigenvalue weighted by Gasteiger charge is -2.28. The summed E-state index contributed by atoms with van der Waals surface area (Å²) in [6.07, 6.45) is 1.38. The number of Topliss-reactive ketones (excluding diaryl/α,β-unsaturated/α-hetero) is 1. The van der Waals surface area contributed by atoms with Crippen LogP contribution in [-0.2, 0) is 16.0 Å². The van der Waals surface area contributed by atoms with E-state index in [9.17, 15) is 14.0 Å². The maximum atomic E-state index is 13.2. The second-order valence-corrected chi connectivity index (χ2v) is 4.15. The van der Waals surface area contributed by atoms with E-state index in [4.69, 9.17) is 0 Å². The molecule has 0 atom stereocenters. The van der Waals surface area contributed by atoms with E-state index in [0.717, 1.165) is 5.56 Å². The first-order valence-corrected chi connectivity index (χ1v) is 5.72. The van der Waals surface area contributed by atoms with Gasteiger partial charge in [-0.1, -0.05) is 13.0 Å². The van der Waals surface area contributed by atoms with E-state index in [2.05, 4.69) is 0 Å². The van der Waals surface area contributed by atoms with E-state index >= 15 is 0 Å². The summed E-state index contributed by atoms with van der Waals surface area (Å²) in [6.45, 7) is 1.80. The fourth-order valence-electron chi connectivity index (χ4n) is 1.97. The average Bonchev–Trinajstić information content (AvgIpc) is 2.32. The van der Waals surface area contributed by atoms with Crippen LogP contribution in [0.4, 0.5) is 10.1 Å². The molecule has 0 aromatic heterocycles. The third-order valence-electron chi connectivity index (χ3n) is 2.98. The molecule has 0 fully saturated rings. The number of anilines is 1. The lowest BCUT2D eigenvalue weighted by Crippen LogP contribution is -2.38. The molecule has 0 N–H and O–H groups in total. The zero-order valence-corrected chi connectivity index (χ0v) is 9.70. The molecule has 1 aromatic carbocycles. The van der Waals surface area contributed by atoms with Crippen LogP contribution < -0.4 is 4.90 Å². The second kappa shape index (κ2) is 4.65. The SMILES string of the molecule is CCC(=O)CN1C(=O)CCc2ccc(F)cc21. The minimum atomic E-state index is -0.382. The number of carbonyl (C=O) groups is 2. The molecule has 1 aliphatic heterocycles. The van der Waals surface area contributed by atoms with Crippen molar-refractivity contribution in [3.63, 3.8) is 0 Å². The van der Waals surface area contributed by atoms with Gasteiger partial charge in [-0.2, -0.15) is 0 Å². The first-order chi connectivity index (χ1) is 8.11. The molecule has 0 unspecified atom stereocenters. The highest BCUT2D eigenvalue weighted by Crippen LogP contribution is 2.28. The van der Waals surface area contributed by atoms with E-state index in [-0.39, 0.29) is 24.1 Å². The molecule has 1 heterocycles. The van der Waals surface area contributed by atoms with E-state index in [1.807, 2.05) is 0 Å². The Balaban J connectivity index is 2.35. The predicted molar refractivity (Wildman–Crippen MR) is 62.4 cm³/mol. The van der Waals surface area contributed by atoms with Crippen molar-refractivity contribution >= 4 is 17.4 Å². The van der Waals surface area contributed by atoms with Crippen LogP contribution >= 0.6 is 0 Å². The van der Waals surface area contributed by atoms with Gasteiger partial charge in [0.1, 0.15) is 5.82 Å². The molecule has 0 radical (unpaired) electrons. The van der Waals surface area contributed by atoms with Gasteiger partial charge in [0.25, 0.3) is 0 Å². The van der Waals surface area contributed by atoms with Gasteiger partial charge in [0.05, 0.1) is 12.2 Å². The maximum absolute atomic E-state index is 13.2. The standard InChI is InChI=1S/C13H14FNO2/c1-2-11(16)8-15-12-7-10(14)5-3-9(12)4-6-13(15)17/h3,5,7H,2,4,6,8H2,1H3. The topological polar surface area (TPSA) is 37.4 Å². The smallest absolute Gasteiger partial charge is 0.227 e. The minimum Gasteiger partial charge on any atom is -0.305 e. The first kappa shape index (κ1) is 11.8. The van der Waals surface area contributed by atoms with Crippen molar-refractivity contribution in [2.75, 3.05) is 11.4 Å². The molecular weight excluding hydrogens is 221 g/mol. The quantitative estimate of drug-likeness (QED) is 0.804. The van der Waals surface area contributed by atoms with Crippen molar-refractivity contribution < 1.29 is 14.0 Å². The summed E-state index contributed by atoms with van der Waals surface area (Å²) in [6, 6.07) is 4.39. The molecule has 17 heavy (non-hydrogen) atoms. The van der Waals surface area contributed by atoms with Crippen molar-refractivity contribution in [3.8, 4) is 0 Å². The predicted octanol–water partition coefficient (Wildman–Crippen LogP) is 2.08. The van der Waals surface area contributed by atoms with Gasteiger partial charge in [-0.15, -0.1) is 0 Å². The van der Waals surface area contributed by atoms with E-state index in [1.165, 1.54) is 17.0 Å². The van der Waals surface area contributed by atoms with E-state index < -0.39 is 0 Å². The molecule has 0 spiro atoms. The molecule has 3 nitrogen and oxygen atoms in total. The van der Waals surface area contributed by atoms with Crippen molar-refractivity contribution in [1.82, 2.24) is 0 Å². The van der Waals surface area contributed by atoms with E-state index in [1.54, 1.807) is 13.0 Å². The van der Waals surface area contributed by atoms with Crippen molar-refractivity contribution in [2.45, 2.75) is 26.2 Å². The molecule has 90 valence electrons. The largest absolute Gasteiger partial charge is 0.305 e. The third kappa shape index (κ3) is 2.35. The van der Waals surface area contributed by atoms with Crippen LogP contribution in [0.3, 0.4) is 0 Å². The minimum absolute atomic E-state index is 0.0181. The monoisotopic (exact) mass is 235 g/mol. The molecule has 1 aliphatic rings. The number of carbonyl (C=O) groups excluding carboxylic acids is 2. The molecule has 4 heteroatoms. The molecule has 1 amide bonds. The zero-order chi connectivity index (χ0) is 12.4. The van der Waals surface area contributed by atoms with Crippen LogP contribution in [0.25, 0.3) is 0 Å². The maximum Gasteiger partial charge on any atom is 0.227 e. The summed E-state index contributed by atoms with van der Waals surface area (Å²) < 4.78 is 13.2. The number of halogens is 1. The fraction of sp³-hybridized carbons (Fsp3) is 0.385. The number of ketones is 1. The van der Waals surface area contributed by atoms with Gasteiger partial charge < -0.3 is 4.90 Å². The van der Waals surface area contributed by atoms with Gasteiger partial charge in [0.2, 0.25) is 5.91 Å². The molecule has 0 bridgehead atoms. The first-order valence-electron chi connectivity index (χ1n) is 5.72. The molecule has 2 rings (SSSR count). The Hall–Kier alpha value is -1.71. The van der Waals surface area contributed by atoms with Crippen LogP contribution in [0.2, 0.25) is 0 Å². The van der Waals surface area contributed by atoms with Crippen LogP contribution in [0.5, 0.6) is 0 Å². The Morgan fingerprint density at radius 2 is 2.18 bits per heavy atom. The van der Waals surface area contributed by atoms with Crippen molar-refractivity contribution in [2.24, 2.45) is 0 Å². The molecule has 0 saturated carbocycles. The zero-order valence-electron chi connectivity index (χ0n) is 9.70. The number of rotatable bonds is 3. The number of fused-ring (bicyclic) bond motifs is 1. The molecule has 0 saturated heterocycles. The number of nitrogens with zero attached hydrogens (tertiary/aromatic N) is 1. The Bertz CT molecular complexity index is 470. The second-order valence-electron chi connectivity index (χ2n) is 4.15. The van der Waals surface area contributed by atoms with Crippen LogP contribution in [0.15, 0.2) is 18.2 Å². The van der Waals surface area contributed by atoms with Gasteiger partial charge in [-0.05, 0) is 24.1 Å². The summed E-state index contributed by atoms with van der Waals surface area (Å²) in [5, 5.41) is 0. The summed E-state index contributed by atoms with van der Waals surface area (Å²) in [5.74, 6) is -0.507. The van der Waals surface area contributed by atoms with Gasteiger partial charge >= 0.3 is 0 Å². The molecule has 0 aliphatic carbocycles. The Morgan fingerprint density at radius 3 is 2.88 bits per heavy atom. The van der Waals surface area contributed by atoms with Crippen LogP contribution in [-0.4, -0.2) is 18.2 Å². The number of amides is 1. The van der Waals surface area contributed by atoms with Crippen LogP contribution in [0, 0.1) is 5.82 Å². The number of hydrogen-bond acceptors (Lipinski definition) is 2. The summed E-state index contributed by atoms with van der Waals surface area (Å²) >= 11 is 0. The lowest BCUT2D eigenvalue weighted by molar-refractivity contribution is -0.122.